The average Bonchev–Trinajstić information content (AvgIpc) is 2.37. The van der Waals surface area contributed by atoms with Crippen molar-refractivity contribution in [2.24, 2.45) is 0 Å². The number of pyridine rings is 1. The van der Waals surface area contributed by atoms with Crippen LogP contribution >= 0.6 is 0 Å². The molecule has 0 saturated heterocycles. The number of hydrogen-bond donors (Lipinski definition) is 2. The van der Waals surface area contributed by atoms with E-state index in [1.807, 2.05) is 19.2 Å². The van der Waals surface area contributed by atoms with Crippen molar-refractivity contribution < 1.29 is 9.84 Å². The molecule has 0 aliphatic carbocycles. The van der Waals surface area contributed by atoms with Gasteiger partial charge in [0.15, 0.2) is 0 Å². The molecule has 1 aromatic heterocycles. The van der Waals surface area contributed by atoms with E-state index in [1.54, 1.807) is 13.3 Å². The molecule has 1 rings (SSSR count). The molecular formula is C12H21N3O2. The molecule has 1 heterocycles. The Labute approximate surface area is 102 Å². The summed E-state index contributed by atoms with van der Waals surface area (Å²) in [5, 5.41) is 12.1. The predicted octanol–water partition coefficient (Wildman–Crippen LogP) is 0.564. The number of nitrogens with zero attached hydrogens (tertiary/aromatic N) is 2. The standard InChI is InChI=1S/C12H21N3O2/c1-13-12-11(4-3-5-14-12)10-15(6-8-16)7-9-17-2/h3-5,16H,6-10H2,1-2H3,(H,13,14). The second-order valence-corrected chi connectivity index (χ2v) is 3.75. The SMILES string of the molecule is CNc1ncccc1CN(CCO)CCOC. The van der Waals surface area contributed by atoms with E-state index in [4.69, 9.17) is 9.84 Å². The fourth-order valence-corrected chi connectivity index (χ4v) is 1.66. The zero-order valence-corrected chi connectivity index (χ0v) is 10.5. The molecule has 1 aromatic rings. The van der Waals surface area contributed by atoms with Gasteiger partial charge in [-0.3, -0.25) is 4.90 Å². The van der Waals surface area contributed by atoms with Gasteiger partial charge in [-0.15, -0.1) is 0 Å². The molecule has 0 saturated carbocycles. The summed E-state index contributed by atoms with van der Waals surface area (Å²) in [6.07, 6.45) is 1.76. The van der Waals surface area contributed by atoms with Crippen molar-refractivity contribution in [2.45, 2.75) is 6.54 Å². The maximum Gasteiger partial charge on any atom is 0.130 e. The summed E-state index contributed by atoms with van der Waals surface area (Å²) in [4.78, 5) is 6.40. The van der Waals surface area contributed by atoms with E-state index in [2.05, 4.69) is 15.2 Å². The molecule has 0 radical (unpaired) electrons. The molecule has 5 heteroatoms. The highest BCUT2D eigenvalue weighted by Crippen LogP contribution is 2.13. The van der Waals surface area contributed by atoms with E-state index in [9.17, 15) is 0 Å². The number of aliphatic hydroxyl groups excluding tert-OH is 1. The topological polar surface area (TPSA) is 57.6 Å². The molecule has 0 bridgehead atoms. The Morgan fingerprint density at radius 1 is 1.47 bits per heavy atom. The number of anilines is 1. The summed E-state index contributed by atoms with van der Waals surface area (Å²) in [7, 11) is 3.54. The zero-order valence-electron chi connectivity index (χ0n) is 10.5. The van der Waals surface area contributed by atoms with E-state index in [0.717, 1.165) is 24.5 Å². The first-order valence-corrected chi connectivity index (χ1v) is 5.75. The highest BCUT2D eigenvalue weighted by atomic mass is 16.5. The summed E-state index contributed by atoms with van der Waals surface area (Å²) in [6, 6.07) is 3.96. The van der Waals surface area contributed by atoms with Gasteiger partial charge in [-0.2, -0.15) is 0 Å². The van der Waals surface area contributed by atoms with Crippen molar-refractivity contribution in [2.75, 3.05) is 45.8 Å². The first-order chi connectivity index (χ1) is 8.31. The van der Waals surface area contributed by atoms with Gasteiger partial charge in [-0.1, -0.05) is 6.07 Å². The van der Waals surface area contributed by atoms with E-state index >= 15 is 0 Å². The summed E-state index contributed by atoms with van der Waals surface area (Å²) >= 11 is 0. The van der Waals surface area contributed by atoms with Crippen LogP contribution in [0.2, 0.25) is 0 Å². The van der Waals surface area contributed by atoms with Gasteiger partial charge in [-0.25, -0.2) is 4.98 Å². The monoisotopic (exact) mass is 239 g/mol. The lowest BCUT2D eigenvalue weighted by Gasteiger charge is -2.21. The molecule has 0 aromatic carbocycles. The van der Waals surface area contributed by atoms with Gasteiger partial charge >= 0.3 is 0 Å². The third-order valence-electron chi connectivity index (χ3n) is 2.55. The van der Waals surface area contributed by atoms with Gasteiger partial charge in [0.25, 0.3) is 0 Å². The number of aliphatic hydroxyl groups is 1. The quantitative estimate of drug-likeness (QED) is 0.694. The van der Waals surface area contributed by atoms with E-state index in [-0.39, 0.29) is 6.61 Å². The van der Waals surface area contributed by atoms with Crippen molar-refractivity contribution in [3.8, 4) is 0 Å². The Morgan fingerprint density at radius 3 is 2.94 bits per heavy atom. The largest absolute Gasteiger partial charge is 0.395 e. The Bertz CT molecular complexity index is 320. The molecule has 0 atom stereocenters. The van der Waals surface area contributed by atoms with Crippen molar-refractivity contribution >= 4 is 5.82 Å². The number of methoxy groups -OCH3 is 1. The smallest absolute Gasteiger partial charge is 0.130 e. The van der Waals surface area contributed by atoms with Crippen molar-refractivity contribution in [1.29, 1.82) is 0 Å². The van der Waals surface area contributed by atoms with Gasteiger partial charge in [-0.05, 0) is 6.07 Å². The third kappa shape index (κ3) is 4.68. The van der Waals surface area contributed by atoms with Crippen molar-refractivity contribution in [1.82, 2.24) is 9.88 Å². The minimum atomic E-state index is 0.152. The third-order valence-corrected chi connectivity index (χ3v) is 2.55. The average molecular weight is 239 g/mol. The molecule has 0 unspecified atom stereocenters. The summed E-state index contributed by atoms with van der Waals surface area (Å²) in [5.41, 5.74) is 1.12. The lowest BCUT2D eigenvalue weighted by Crippen LogP contribution is -2.30. The summed E-state index contributed by atoms with van der Waals surface area (Å²) < 4.78 is 5.06. The lowest BCUT2D eigenvalue weighted by atomic mass is 10.2. The second kappa shape index (κ2) is 8.00. The van der Waals surface area contributed by atoms with Crippen LogP contribution in [0.15, 0.2) is 18.3 Å². The van der Waals surface area contributed by atoms with Crippen LogP contribution in [-0.4, -0.2) is 55.5 Å². The van der Waals surface area contributed by atoms with Gasteiger partial charge in [0.1, 0.15) is 5.82 Å². The molecule has 17 heavy (non-hydrogen) atoms. The van der Waals surface area contributed by atoms with Gasteiger partial charge < -0.3 is 15.2 Å². The lowest BCUT2D eigenvalue weighted by molar-refractivity contribution is 0.127. The molecule has 0 fully saturated rings. The van der Waals surface area contributed by atoms with Crippen molar-refractivity contribution in [3.63, 3.8) is 0 Å². The molecule has 0 aliphatic heterocycles. The van der Waals surface area contributed by atoms with E-state index < -0.39 is 0 Å². The minimum Gasteiger partial charge on any atom is -0.395 e. The Kier molecular flexibility index (Phi) is 6.54. The van der Waals surface area contributed by atoms with E-state index in [1.165, 1.54) is 0 Å². The van der Waals surface area contributed by atoms with Crippen LogP contribution < -0.4 is 5.32 Å². The van der Waals surface area contributed by atoms with Gasteiger partial charge in [0.05, 0.1) is 13.2 Å². The Hall–Kier alpha value is -1.17. The number of hydrogen-bond acceptors (Lipinski definition) is 5. The molecule has 96 valence electrons. The number of nitrogens with one attached hydrogen (secondary N) is 1. The zero-order chi connectivity index (χ0) is 12.5. The molecule has 2 N–H and O–H groups in total. The summed E-state index contributed by atoms with van der Waals surface area (Å²) in [5.74, 6) is 0.882. The number of rotatable bonds is 8. The predicted molar refractivity (Wildman–Crippen MR) is 68.0 cm³/mol. The molecule has 0 aliphatic rings. The molecule has 0 amide bonds. The number of aromatic nitrogens is 1. The fourth-order valence-electron chi connectivity index (χ4n) is 1.66. The first-order valence-electron chi connectivity index (χ1n) is 5.75. The van der Waals surface area contributed by atoms with Crippen LogP contribution in [0, 0.1) is 0 Å². The van der Waals surface area contributed by atoms with Crippen LogP contribution in [0.4, 0.5) is 5.82 Å². The summed E-state index contributed by atoms with van der Waals surface area (Å²) in [6.45, 7) is 3.01. The minimum absolute atomic E-state index is 0.152. The molecule has 5 nitrogen and oxygen atoms in total. The Balaban J connectivity index is 2.63. The fraction of sp³-hybridized carbons (Fsp3) is 0.583. The first kappa shape index (κ1) is 13.9. The highest BCUT2D eigenvalue weighted by Gasteiger charge is 2.08. The van der Waals surface area contributed by atoms with E-state index in [0.29, 0.717) is 13.2 Å². The van der Waals surface area contributed by atoms with Crippen LogP contribution in [0.1, 0.15) is 5.56 Å². The maximum absolute atomic E-state index is 9.03. The molecule has 0 spiro atoms. The second-order valence-electron chi connectivity index (χ2n) is 3.75. The Morgan fingerprint density at radius 2 is 2.29 bits per heavy atom. The highest BCUT2D eigenvalue weighted by molar-refractivity contribution is 5.42. The van der Waals surface area contributed by atoms with Crippen LogP contribution in [0.5, 0.6) is 0 Å². The van der Waals surface area contributed by atoms with Crippen molar-refractivity contribution in [3.05, 3.63) is 23.9 Å². The normalized spacial score (nSPS) is 10.8. The number of ether oxygens (including phenoxy) is 1. The van der Waals surface area contributed by atoms with Crippen LogP contribution in [0.25, 0.3) is 0 Å². The van der Waals surface area contributed by atoms with Crippen LogP contribution in [0.3, 0.4) is 0 Å². The van der Waals surface area contributed by atoms with Crippen LogP contribution in [-0.2, 0) is 11.3 Å². The van der Waals surface area contributed by atoms with Gasteiger partial charge in [0, 0.05) is 45.6 Å². The maximum atomic E-state index is 9.03. The van der Waals surface area contributed by atoms with Gasteiger partial charge in [0.2, 0.25) is 0 Å². The molecular weight excluding hydrogens is 218 g/mol.